The van der Waals surface area contributed by atoms with E-state index in [-0.39, 0.29) is 11.9 Å². The van der Waals surface area contributed by atoms with Crippen molar-refractivity contribution in [2.75, 3.05) is 20.3 Å². The third kappa shape index (κ3) is 3.10. The number of likely N-dealkylation sites (tertiary alicyclic amines) is 1. The zero-order valence-corrected chi connectivity index (χ0v) is 11.2. The molecule has 3 heteroatoms. The van der Waals surface area contributed by atoms with Crippen LogP contribution in [-0.4, -0.2) is 37.1 Å². The van der Waals surface area contributed by atoms with E-state index in [1.54, 1.807) is 7.11 Å². The molecular weight excluding hydrogens is 226 g/mol. The summed E-state index contributed by atoms with van der Waals surface area (Å²) >= 11 is 0. The van der Waals surface area contributed by atoms with Gasteiger partial charge in [0.1, 0.15) is 0 Å². The van der Waals surface area contributed by atoms with Gasteiger partial charge in [0.15, 0.2) is 0 Å². The van der Waals surface area contributed by atoms with Gasteiger partial charge in [0, 0.05) is 13.7 Å². The van der Waals surface area contributed by atoms with Crippen molar-refractivity contribution in [1.29, 1.82) is 0 Å². The van der Waals surface area contributed by atoms with Gasteiger partial charge in [-0.1, -0.05) is 29.8 Å². The van der Waals surface area contributed by atoms with E-state index >= 15 is 0 Å². The molecule has 3 nitrogen and oxygen atoms in total. The van der Waals surface area contributed by atoms with Crippen molar-refractivity contribution in [2.24, 2.45) is 0 Å². The van der Waals surface area contributed by atoms with Crippen LogP contribution in [0.25, 0.3) is 0 Å². The molecule has 0 saturated carbocycles. The van der Waals surface area contributed by atoms with E-state index in [1.807, 2.05) is 17.0 Å². The fraction of sp³-hybridized carbons (Fsp3) is 0.533. The lowest BCUT2D eigenvalue weighted by Crippen LogP contribution is -2.38. The van der Waals surface area contributed by atoms with Crippen molar-refractivity contribution in [1.82, 2.24) is 4.90 Å². The second kappa shape index (κ2) is 6.01. The van der Waals surface area contributed by atoms with Crippen molar-refractivity contribution >= 4 is 5.91 Å². The smallest absolute Gasteiger partial charge is 0.227 e. The quantitative estimate of drug-likeness (QED) is 0.816. The molecule has 0 spiro atoms. The Kier molecular flexibility index (Phi) is 4.37. The van der Waals surface area contributed by atoms with Crippen LogP contribution < -0.4 is 0 Å². The van der Waals surface area contributed by atoms with Gasteiger partial charge in [0.05, 0.1) is 19.1 Å². The minimum atomic E-state index is 0.221. The predicted molar refractivity (Wildman–Crippen MR) is 71.5 cm³/mol. The molecule has 1 atom stereocenters. The molecule has 0 aliphatic carbocycles. The zero-order valence-electron chi connectivity index (χ0n) is 11.2. The van der Waals surface area contributed by atoms with Crippen molar-refractivity contribution < 1.29 is 9.53 Å². The molecule has 98 valence electrons. The molecule has 1 amide bonds. The van der Waals surface area contributed by atoms with Crippen LogP contribution in [0.4, 0.5) is 0 Å². The Labute approximate surface area is 109 Å². The molecule has 1 heterocycles. The predicted octanol–water partition coefficient (Wildman–Crippen LogP) is 2.17. The van der Waals surface area contributed by atoms with E-state index in [9.17, 15) is 4.79 Å². The van der Waals surface area contributed by atoms with E-state index in [1.165, 1.54) is 5.56 Å². The number of ether oxygens (including phenoxy) is 1. The second-order valence-electron chi connectivity index (χ2n) is 5.00. The number of hydrogen-bond acceptors (Lipinski definition) is 2. The van der Waals surface area contributed by atoms with Gasteiger partial charge >= 0.3 is 0 Å². The summed E-state index contributed by atoms with van der Waals surface area (Å²) in [6.45, 7) is 3.58. The van der Waals surface area contributed by atoms with Gasteiger partial charge in [0.25, 0.3) is 0 Å². The average molecular weight is 247 g/mol. The molecule has 0 bridgehead atoms. The molecule has 1 saturated heterocycles. The Bertz CT molecular complexity index is 399. The highest BCUT2D eigenvalue weighted by atomic mass is 16.5. The van der Waals surface area contributed by atoms with Crippen LogP contribution in [0.15, 0.2) is 24.3 Å². The molecule has 2 rings (SSSR count). The second-order valence-corrected chi connectivity index (χ2v) is 5.00. The van der Waals surface area contributed by atoms with E-state index in [2.05, 4.69) is 19.1 Å². The monoisotopic (exact) mass is 247 g/mol. The maximum atomic E-state index is 12.3. The van der Waals surface area contributed by atoms with Crippen molar-refractivity contribution in [3.05, 3.63) is 35.4 Å². The lowest BCUT2D eigenvalue weighted by molar-refractivity contribution is -0.132. The number of carbonyl (C=O) groups excluding carboxylic acids is 1. The van der Waals surface area contributed by atoms with Crippen molar-refractivity contribution in [3.63, 3.8) is 0 Å². The number of methoxy groups -OCH3 is 1. The van der Waals surface area contributed by atoms with Crippen LogP contribution in [0, 0.1) is 6.92 Å². The number of nitrogens with zero attached hydrogens (tertiary/aromatic N) is 1. The fourth-order valence-electron chi connectivity index (χ4n) is 2.51. The number of hydrogen-bond donors (Lipinski definition) is 0. The molecule has 1 fully saturated rings. The maximum Gasteiger partial charge on any atom is 0.227 e. The molecular formula is C15H21NO2. The van der Waals surface area contributed by atoms with Gasteiger partial charge in [-0.2, -0.15) is 0 Å². The lowest BCUT2D eigenvalue weighted by atomic mass is 10.1. The minimum Gasteiger partial charge on any atom is -0.383 e. The van der Waals surface area contributed by atoms with E-state index in [0.717, 1.165) is 24.9 Å². The summed E-state index contributed by atoms with van der Waals surface area (Å²) in [5.74, 6) is 0.221. The summed E-state index contributed by atoms with van der Waals surface area (Å²) in [5, 5.41) is 0. The molecule has 1 aromatic carbocycles. The number of benzene rings is 1. The van der Waals surface area contributed by atoms with Gasteiger partial charge in [0.2, 0.25) is 5.91 Å². The van der Waals surface area contributed by atoms with Crippen LogP contribution in [0.3, 0.4) is 0 Å². The summed E-state index contributed by atoms with van der Waals surface area (Å²) in [5.41, 5.74) is 2.32. The third-order valence-corrected chi connectivity index (χ3v) is 3.53. The highest BCUT2D eigenvalue weighted by molar-refractivity contribution is 5.79. The summed E-state index contributed by atoms with van der Waals surface area (Å²) < 4.78 is 5.18. The summed E-state index contributed by atoms with van der Waals surface area (Å²) in [6, 6.07) is 8.45. The number of carbonyl (C=O) groups is 1. The molecule has 1 aliphatic rings. The molecule has 1 aromatic rings. The van der Waals surface area contributed by atoms with Crippen LogP contribution in [0.1, 0.15) is 24.0 Å². The van der Waals surface area contributed by atoms with Crippen molar-refractivity contribution in [2.45, 2.75) is 32.2 Å². The van der Waals surface area contributed by atoms with Gasteiger partial charge in [-0.25, -0.2) is 0 Å². The zero-order chi connectivity index (χ0) is 13.0. The Hall–Kier alpha value is -1.35. The van der Waals surface area contributed by atoms with E-state index < -0.39 is 0 Å². The SMILES string of the molecule is COCC1CCCN1C(=O)Cc1ccc(C)cc1. The summed E-state index contributed by atoms with van der Waals surface area (Å²) in [7, 11) is 1.70. The Morgan fingerprint density at radius 1 is 1.39 bits per heavy atom. The van der Waals surface area contributed by atoms with Crippen LogP contribution >= 0.6 is 0 Å². The van der Waals surface area contributed by atoms with E-state index in [4.69, 9.17) is 4.74 Å². The Morgan fingerprint density at radius 2 is 2.11 bits per heavy atom. The molecule has 0 aromatic heterocycles. The first kappa shape index (κ1) is 13.1. The highest BCUT2D eigenvalue weighted by Gasteiger charge is 2.28. The standard InChI is InChI=1S/C15H21NO2/c1-12-5-7-13(8-6-12)10-15(17)16-9-3-4-14(16)11-18-2/h5-8,14H,3-4,9-11H2,1-2H3. The molecule has 1 unspecified atom stereocenters. The van der Waals surface area contributed by atoms with Gasteiger partial charge in [-0.05, 0) is 25.3 Å². The first-order valence-corrected chi connectivity index (χ1v) is 6.54. The molecule has 1 aliphatic heterocycles. The molecule has 18 heavy (non-hydrogen) atoms. The largest absolute Gasteiger partial charge is 0.383 e. The minimum absolute atomic E-state index is 0.221. The lowest BCUT2D eigenvalue weighted by Gasteiger charge is -2.24. The van der Waals surface area contributed by atoms with Gasteiger partial charge in [-0.3, -0.25) is 4.79 Å². The average Bonchev–Trinajstić information content (AvgIpc) is 2.81. The maximum absolute atomic E-state index is 12.3. The van der Waals surface area contributed by atoms with Gasteiger partial charge in [-0.15, -0.1) is 0 Å². The summed E-state index contributed by atoms with van der Waals surface area (Å²) in [6.07, 6.45) is 2.65. The number of rotatable bonds is 4. The molecule has 0 N–H and O–H groups in total. The van der Waals surface area contributed by atoms with Crippen LogP contribution in [0.2, 0.25) is 0 Å². The molecule has 0 radical (unpaired) electrons. The Balaban J connectivity index is 1.96. The first-order valence-electron chi connectivity index (χ1n) is 6.54. The Morgan fingerprint density at radius 3 is 2.78 bits per heavy atom. The third-order valence-electron chi connectivity index (χ3n) is 3.53. The van der Waals surface area contributed by atoms with Crippen LogP contribution in [-0.2, 0) is 16.0 Å². The normalized spacial score (nSPS) is 19.2. The van der Waals surface area contributed by atoms with Crippen LogP contribution in [0.5, 0.6) is 0 Å². The summed E-state index contributed by atoms with van der Waals surface area (Å²) in [4.78, 5) is 14.2. The van der Waals surface area contributed by atoms with Gasteiger partial charge < -0.3 is 9.64 Å². The van der Waals surface area contributed by atoms with E-state index in [0.29, 0.717) is 13.0 Å². The first-order chi connectivity index (χ1) is 8.70. The highest BCUT2D eigenvalue weighted by Crippen LogP contribution is 2.19. The number of aryl methyl sites for hydroxylation is 1. The fourth-order valence-corrected chi connectivity index (χ4v) is 2.51. The topological polar surface area (TPSA) is 29.5 Å². The van der Waals surface area contributed by atoms with Crippen molar-refractivity contribution in [3.8, 4) is 0 Å². The number of amides is 1.